The van der Waals surface area contributed by atoms with Crippen molar-refractivity contribution in [2.75, 3.05) is 39.1 Å². The van der Waals surface area contributed by atoms with E-state index in [4.69, 9.17) is 5.73 Å². The van der Waals surface area contributed by atoms with Crippen LogP contribution in [0.3, 0.4) is 0 Å². The molecule has 0 spiro atoms. The summed E-state index contributed by atoms with van der Waals surface area (Å²) in [5.74, 6) is 0. The van der Waals surface area contributed by atoms with Crippen LogP contribution in [0.25, 0.3) is 0 Å². The van der Waals surface area contributed by atoms with E-state index < -0.39 is 0 Å². The molecular weight excluding hydrogens is 300 g/mol. The molecule has 0 aliphatic carbocycles. The van der Waals surface area contributed by atoms with E-state index in [1.807, 2.05) is 62.7 Å². The highest BCUT2D eigenvalue weighted by Crippen LogP contribution is 2.21. The number of nitrogens with zero attached hydrogens (tertiary/aromatic N) is 5. The summed E-state index contributed by atoms with van der Waals surface area (Å²) in [6.07, 6.45) is 4.91. The van der Waals surface area contributed by atoms with Gasteiger partial charge in [-0.15, -0.1) is 17.5 Å². The predicted molar refractivity (Wildman–Crippen MR) is 93.6 cm³/mol. The summed E-state index contributed by atoms with van der Waals surface area (Å²) >= 11 is 0. The molecule has 0 aromatic heterocycles. The second kappa shape index (κ2) is 8.60. The molecule has 2 rings (SSSR count). The fourth-order valence-corrected chi connectivity index (χ4v) is 2.13. The van der Waals surface area contributed by atoms with Crippen LogP contribution in [-0.2, 0) is 0 Å². The second-order valence-electron chi connectivity index (χ2n) is 5.32. The number of nitrogens with two attached hydrogens (primary N) is 1. The van der Waals surface area contributed by atoms with Crippen molar-refractivity contribution < 1.29 is 0 Å². The number of benzene rings is 1. The maximum absolute atomic E-state index is 5.57. The van der Waals surface area contributed by atoms with Crippen molar-refractivity contribution in [3.05, 3.63) is 36.7 Å². The van der Waals surface area contributed by atoms with E-state index in [1.54, 1.807) is 0 Å². The Labute approximate surface area is 138 Å². The molecule has 1 atom stereocenters. The van der Waals surface area contributed by atoms with E-state index in [0.717, 1.165) is 24.3 Å². The Morgan fingerprint density at radius 3 is 2.45 bits per heavy atom. The highest BCUT2D eigenvalue weighted by molar-refractivity contribution is 5.85. The van der Waals surface area contributed by atoms with E-state index in [1.165, 1.54) is 0 Å². The van der Waals surface area contributed by atoms with E-state index in [0.29, 0.717) is 6.54 Å². The van der Waals surface area contributed by atoms with Gasteiger partial charge in [0.1, 0.15) is 0 Å². The highest BCUT2D eigenvalue weighted by Gasteiger charge is 2.22. The quantitative estimate of drug-likeness (QED) is 0.817. The van der Waals surface area contributed by atoms with Crippen LogP contribution in [-0.4, -0.2) is 50.3 Å². The van der Waals surface area contributed by atoms with Crippen molar-refractivity contribution in [1.82, 2.24) is 9.80 Å². The molecule has 0 saturated carbocycles. The maximum atomic E-state index is 5.57. The lowest BCUT2D eigenvalue weighted by Gasteiger charge is -2.25. The second-order valence-corrected chi connectivity index (χ2v) is 5.32. The van der Waals surface area contributed by atoms with Gasteiger partial charge in [0.25, 0.3) is 0 Å². The van der Waals surface area contributed by atoms with Crippen LogP contribution in [0.1, 0.15) is 6.42 Å². The number of azo groups is 1. The molecule has 1 heterocycles. The first-order chi connectivity index (χ1) is 10.1. The summed E-state index contributed by atoms with van der Waals surface area (Å²) in [5, 5.41) is 8.79. The molecule has 1 unspecified atom stereocenters. The van der Waals surface area contributed by atoms with E-state index >= 15 is 0 Å². The molecule has 1 aliphatic rings. The molecule has 0 saturated heterocycles. The van der Waals surface area contributed by atoms with Crippen LogP contribution in [0.15, 0.2) is 46.9 Å². The third-order valence-electron chi connectivity index (χ3n) is 3.42. The lowest BCUT2D eigenvalue weighted by molar-refractivity contribution is 0.177. The van der Waals surface area contributed by atoms with Crippen LogP contribution >= 0.6 is 12.4 Å². The normalized spacial score (nSPS) is 17.2. The van der Waals surface area contributed by atoms with Crippen LogP contribution in [0, 0.1) is 0 Å². The Bertz CT molecular complexity index is 499. The Hall–Kier alpha value is -1.79. The fourth-order valence-electron chi connectivity index (χ4n) is 2.13. The maximum Gasteiger partial charge on any atom is 0.218 e. The average molecular weight is 325 g/mol. The molecule has 1 aliphatic heterocycles. The van der Waals surface area contributed by atoms with Crippen molar-refractivity contribution in [2.45, 2.75) is 12.7 Å². The molecule has 7 heteroatoms. The number of hydrogen-bond acceptors (Lipinski definition) is 6. The summed E-state index contributed by atoms with van der Waals surface area (Å²) in [4.78, 5) is 6.24. The molecule has 122 valence electrons. The van der Waals surface area contributed by atoms with Gasteiger partial charge >= 0.3 is 0 Å². The molecule has 0 bridgehead atoms. The monoisotopic (exact) mass is 324 g/mol. The van der Waals surface area contributed by atoms with Gasteiger partial charge in [0.15, 0.2) is 0 Å². The summed E-state index contributed by atoms with van der Waals surface area (Å²) in [5.41, 5.74) is 7.58. The Morgan fingerprint density at radius 2 is 1.86 bits per heavy atom. The van der Waals surface area contributed by atoms with Gasteiger partial charge in [0, 0.05) is 45.8 Å². The zero-order chi connectivity index (χ0) is 15.2. The van der Waals surface area contributed by atoms with E-state index in [2.05, 4.69) is 20.0 Å². The topological polar surface area (TPSA) is 60.5 Å². The van der Waals surface area contributed by atoms with Crippen molar-refractivity contribution >= 4 is 23.8 Å². The molecule has 0 fully saturated rings. The Balaban J connectivity index is 0.00000242. The van der Waals surface area contributed by atoms with Gasteiger partial charge in [0.05, 0.1) is 5.69 Å². The minimum absolute atomic E-state index is 0. The molecular formula is C15H25ClN6. The number of halogens is 1. The van der Waals surface area contributed by atoms with Gasteiger partial charge in [-0.1, -0.05) is 0 Å². The molecule has 6 nitrogen and oxygen atoms in total. The smallest absolute Gasteiger partial charge is 0.218 e. The first-order valence-corrected chi connectivity index (χ1v) is 7.16. The zero-order valence-corrected chi connectivity index (χ0v) is 14.2. The van der Waals surface area contributed by atoms with Crippen LogP contribution in [0.4, 0.5) is 11.4 Å². The number of anilines is 1. The van der Waals surface area contributed by atoms with Crippen molar-refractivity contribution in [1.29, 1.82) is 0 Å². The number of rotatable bonds is 6. The van der Waals surface area contributed by atoms with Gasteiger partial charge < -0.3 is 20.4 Å². The van der Waals surface area contributed by atoms with Gasteiger partial charge in [-0.2, -0.15) is 5.11 Å². The van der Waals surface area contributed by atoms with Crippen LogP contribution in [0.5, 0.6) is 0 Å². The average Bonchev–Trinajstić information content (AvgIpc) is 2.83. The summed E-state index contributed by atoms with van der Waals surface area (Å²) in [7, 11) is 6.04. The molecule has 1 aromatic rings. The first kappa shape index (κ1) is 18.3. The predicted octanol–water partition coefficient (Wildman–Crippen LogP) is 2.61. The van der Waals surface area contributed by atoms with Gasteiger partial charge in [0.2, 0.25) is 6.29 Å². The molecule has 22 heavy (non-hydrogen) atoms. The number of hydrogen-bond donors (Lipinski definition) is 1. The van der Waals surface area contributed by atoms with E-state index in [9.17, 15) is 0 Å². The lowest BCUT2D eigenvalue weighted by atomic mass is 10.3. The minimum Gasteiger partial charge on any atom is -0.378 e. The van der Waals surface area contributed by atoms with Crippen molar-refractivity contribution in [3.63, 3.8) is 0 Å². The van der Waals surface area contributed by atoms with E-state index in [-0.39, 0.29) is 18.7 Å². The summed E-state index contributed by atoms with van der Waals surface area (Å²) in [6, 6.07) is 8.03. The van der Waals surface area contributed by atoms with Gasteiger partial charge in [-0.05, 0) is 37.2 Å². The molecule has 0 radical (unpaired) electrons. The van der Waals surface area contributed by atoms with Gasteiger partial charge in [-0.25, -0.2) is 0 Å². The largest absolute Gasteiger partial charge is 0.378 e. The van der Waals surface area contributed by atoms with Crippen molar-refractivity contribution in [3.8, 4) is 0 Å². The fraction of sp³-hybridized carbons (Fsp3) is 0.467. The Morgan fingerprint density at radius 1 is 1.18 bits per heavy atom. The standard InChI is InChI=1S/C15H24N6.ClH/c1-19(2)14-7-5-13(6-8-14)17-18-15-20(3)11-12-21(15)10-4-9-16;/h5-8,11-12,15H,4,9-10,16H2,1-3H3;1H/b18-17+;. The molecule has 2 N–H and O–H groups in total. The SMILES string of the molecule is CN(C)c1ccc(/N=N/C2N(C)C=CN2CCCN)cc1.Cl. The summed E-state index contributed by atoms with van der Waals surface area (Å²) in [6.45, 7) is 1.57. The molecule has 0 amide bonds. The van der Waals surface area contributed by atoms with Crippen LogP contribution < -0.4 is 10.6 Å². The molecule has 1 aromatic carbocycles. The zero-order valence-electron chi connectivity index (χ0n) is 13.4. The minimum atomic E-state index is -0.0786. The van der Waals surface area contributed by atoms with Crippen LogP contribution in [0.2, 0.25) is 0 Å². The highest BCUT2D eigenvalue weighted by atomic mass is 35.5. The van der Waals surface area contributed by atoms with Crippen molar-refractivity contribution in [2.24, 2.45) is 16.0 Å². The summed E-state index contributed by atoms with van der Waals surface area (Å²) < 4.78 is 0. The Kier molecular flexibility index (Phi) is 7.14. The third kappa shape index (κ3) is 4.61. The first-order valence-electron chi connectivity index (χ1n) is 7.16. The van der Waals surface area contributed by atoms with Gasteiger partial charge in [-0.3, -0.25) is 0 Å². The lowest BCUT2D eigenvalue weighted by Crippen LogP contribution is -2.35. The third-order valence-corrected chi connectivity index (χ3v) is 3.42.